The number of hydrogen-bond acceptors (Lipinski definition) is 5. The highest BCUT2D eigenvalue weighted by atomic mass is 79.9. The lowest BCUT2D eigenvalue weighted by Crippen LogP contribution is -1.86. The van der Waals surface area contributed by atoms with E-state index >= 15 is 0 Å². The van der Waals surface area contributed by atoms with Gasteiger partial charge in [-0.3, -0.25) is 0 Å². The lowest BCUT2D eigenvalue weighted by Gasteiger charge is -2.06. The average Bonchev–Trinajstić information content (AvgIpc) is 2.49. The second-order valence-corrected chi connectivity index (χ2v) is 5.32. The van der Waals surface area contributed by atoms with E-state index in [1.807, 2.05) is 0 Å². The van der Waals surface area contributed by atoms with Crippen molar-refractivity contribution >= 4 is 38.9 Å². The van der Waals surface area contributed by atoms with Crippen LogP contribution in [0.5, 0.6) is 17.2 Å². The van der Waals surface area contributed by atoms with E-state index in [1.165, 1.54) is 7.11 Å². The summed E-state index contributed by atoms with van der Waals surface area (Å²) in [4.78, 5) is 0. The molecular weight excluding hydrogens is 360 g/mol. The van der Waals surface area contributed by atoms with Gasteiger partial charge in [0.1, 0.15) is 22.9 Å². The molecule has 0 fully saturated rings. The molecule has 7 heteroatoms. The number of benzene rings is 2. The van der Waals surface area contributed by atoms with Gasteiger partial charge in [0.05, 0.1) is 19.2 Å². The van der Waals surface area contributed by atoms with E-state index in [0.29, 0.717) is 21.7 Å². The molecule has 0 aromatic heterocycles. The fourth-order valence-electron chi connectivity index (χ4n) is 1.61. The molecular formula is C14H12BrClN2O3. The highest BCUT2D eigenvalue weighted by Crippen LogP contribution is 2.39. The van der Waals surface area contributed by atoms with Gasteiger partial charge in [0.25, 0.3) is 0 Å². The summed E-state index contributed by atoms with van der Waals surface area (Å²) in [7, 11) is 3.09. The van der Waals surface area contributed by atoms with Gasteiger partial charge in [-0.05, 0) is 24.3 Å². The van der Waals surface area contributed by atoms with Gasteiger partial charge in [-0.1, -0.05) is 27.5 Å². The molecule has 0 radical (unpaired) electrons. The highest BCUT2D eigenvalue weighted by molar-refractivity contribution is 9.10. The van der Waals surface area contributed by atoms with Crippen LogP contribution in [-0.4, -0.2) is 19.3 Å². The predicted molar refractivity (Wildman–Crippen MR) is 84.5 cm³/mol. The Morgan fingerprint density at radius 1 is 1.05 bits per heavy atom. The fraction of sp³-hybridized carbons (Fsp3) is 0.143. The molecule has 21 heavy (non-hydrogen) atoms. The zero-order valence-electron chi connectivity index (χ0n) is 11.3. The summed E-state index contributed by atoms with van der Waals surface area (Å²) in [5.74, 6) is 1.03. The molecule has 2 aromatic rings. The lowest BCUT2D eigenvalue weighted by molar-refractivity contribution is 0.404. The molecule has 0 saturated heterocycles. The molecule has 0 aliphatic carbocycles. The first kappa shape index (κ1) is 15.6. The number of rotatable bonds is 4. The van der Waals surface area contributed by atoms with Gasteiger partial charge >= 0.3 is 0 Å². The predicted octanol–water partition coefficient (Wildman–Crippen LogP) is 5.24. The van der Waals surface area contributed by atoms with Gasteiger partial charge in [0, 0.05) is 10.5 Å². The summed E-state index contributed by atoms with van der Waals surface area (Å²) in [5.41, 5.74) is 0.728. The second-order valence-electron chi connectivity index (χ2n) is 3.99. The van der Waals surface area contributed by atoms with Crippen LogP contribution in [0.2, 0.25) is 5.02 Å². The third-order valence-electron chi connectivity index (χ3n) is 2.66. The third-order valence-corrected chi connectivity index (χ3v) is 3.41. The molecule has 0 aliphatic rings. The monoisotopic (exact) mass is 370 g/mol. The van der Waals surface area contributed by atoms with Crippen molar-refractivity contribution in [2.75, 3.05) is 14.2 Å². The van der Waals surface area contributed by atoms with Crippen LogP contribution in [0.25, 0.3) is 0 Å². The molecule has 0 heterocycles. The van der Waals surface area contributed by atoms with E-state index in [4.69, 9.17) is 21.1 Å². The molecule has 0 amide bonds. The van der Waals surface area contributed by atoms with Crippen molar-refractivity contribution in [2.45, 2.75) is 0 Å². The highest BCUT2D eigenvalue weighted by Gasteiger charge is 2.08. The molecule has 0 aliphatic heterocycles. The molecule has 1 N–H and O–H groups in total. The summed E-state index contributed by atoms with van der Waals surface area (Å²) < 4.78 is 11.0. The molecule has 2 aromatic carbocycles. The van der Waals surface area contributed by atoms with Gasteiger partial charge < -0.3 is 14.6 Å². The number of phenols is 1. The van der Waals surface area contributed by atoms with Crippen molar-refractivity contribution < 1.29 is 14.6 Å². The fourth-order valence-corrected chi connectivity index (χ4v) is 2.40. The Hall–Kier alpha value is -1.79. The largest absolute Gasteiger partial charge is 0.504 e. The Balaban J connectivity index is 2.41. The molecule has 0 atom stereocenters. The molecule has 2 rings (SSSR count). The Morgan fingerprint density at radius 3 is 2.43 bits per heavy atom. The molecule has 110 valence electrons. The summed E-state index contributed by atoms with van der Waals surface area (Å²) in [6.07, 6.45) is 0. The summed E-state index contributed by atoms with van der Waals surface area (Å²) in [6, 6.07) is 8.34. The van der Waals surface area contributed by atoms with Crippen LogP contribution >= 0.6 is 27.5 Å². The first-order valence-corrected chi connectivity index (χ1v) is 7.04. The van der Waals surface area contributed by atoms with Crippen molar-refractivity contribution in [1.82, 2.24) is 0 Å². The minimum absolute atomic E-state index is 0.134. The van der Waals surface area contributed by atoms with E-state index in [2.05, 4.69) is 26.2 Å². The average molecular weight is 372 g/mol. The SMILES string of the molecule is COc1ccc(OC)c(N=Nc2cc(Br)cc(Cl)c2O)c1. The number of ether oxygens (including phenoxy) is 2. The Morgan fingerprint density at radius 2 is 1.76 bits per heavy atom. The molecule has 0 unspecified atom stereocenters. The minimum atomic E-state index is -0.134. The van der Waals surface area contributed by atoms with Gasteiger partial charge in [-0.25, -0.2) is 0 Å². The number of hydrogen-bond donors (Lipinski definition) is 1. The van der Waals surface area contributed by atoms with Crippen molar-refractivity contribution in [3.05, 3.63) is 39.8 Å². The molecule has 0 saturated carbocycles. The van der Waals surface area contributed by atoms with Crippen LogP contribution in [0.1, 0.15) is 0 Å². The van der Waals surface area contributed by atoms with Crippen LogP contribution in [0.4, 0.5) is 11.4 Å². The maximum Gasteiger partial charge on any atom is 0.161 e. The maximum atomic E-state index is 9.86. The first-order chi connectivity index (χ1) is 10.0. The van der Waals surface area contributed by atoms with Crippen LogP contribution < -0.4 is 9.47 Å². The van der Waals surface area contributed by atoms with E-state index in [-0.39, 0.29) is 16.5 Å². The van der Waals surface area contributed by atoms with Gasteiger partial charge in [0.15, 0.2) is 5.75 Å². The van der Waals surface area contributed by atoms with Crippen LogP contribution in [-0.2, 0) is 0 Å². The van der Waals surface area contributed by atoms with Gasteiger partial charge in [0.2, 0.25) is 0 Å². The number of halogens is 2. The van der Waals surface area contributed by atoms with E-state index in [9.17, 15) is 5.11 Å². The van der Waals surface area contributed by atoms with Crippen molar-refractivity contribution in [2.24, 2.45) is 10.2 Å². The first-order valence-electron chi connectivity index (χ1n) is 5.87. The smallest absolute Gasteiger partial charge is 0.161 e. The zero-order valence-corrected chi connectivity index (χ0v) is 13.6. The van der Waals surface area contributed by atoms with Crippen molar-refractivity contribution in [3.63, 3.8) is 0 Å². The summed E-state index contributed by atoms with van der Waals surface area (Å²) in [6.45, 7) is 0. The van der Waals surface area contributed by atoms with E-state index < -0.39 is 0 Å². The van der Waals surface area contributed by atoms with Gasteiger partial charge in [-0.15, -0.1) is 10.2 Å². The second kappa shape index (κ2) is 6.78. The Kier molecular flexibility index (Phi) is 5.03. The molecule has 0 spiro atoms. The van der Waals surface area contributed by atoms with E-state index in [0.717, 1.165) is 0 Å². The normalized spacial score (nSPS) is 10.9. The quantitative estimate of drug-likeness (QED) is 0.747. The lowest BCUT2D eigenvalue weighted by atomic mass is 10.3. The minimum Gasteiger partial charge on any atom is -0.504 e. The van der Waals surface area contributed by atoms with Gasteiger partial charge in [-0.2, -0.15) is 0 Å². The standard InChI is InChI=1S/C14H12BrClN2O3/c1-20-9-3-4-13(21-2)11(7-9)17-18-12-6-8(15)5-10(16)14(12)19/h3-7,19H,1-2H3. The Bertz CT molecular complexity index is 692. The zero-order chi connectivity index (χ0) is 15.4. The van der Waals surface area contributed by atoms with E-state index in [1.54, 1.807) is 37.4 Å². The number of phenolic OH excluding ortho intramolecular Hbond substituents is 1. The Labute approximate surface area is 135 Å². The number of methoxy groups -OCH3 is 2. The summed E-state index contributed by atoms with van der Waals surface area (Å²) >= 11 is 9.16. The van der Waals surface area contributed by atoms with Crippen LogP contribution in [0.3, 0.4) is 0 Å². The van der Waals surface area contributed by atoms with Crippen molar-refractivity contribution in [3.8, 4) is 17.2 Å². The van der Waals surface area contributed by atoms with Crippen LogP contribution in [0, 0.1) is 0 Å². The van der Waals surface area contributed by atoms with Crippen molar-refractivity contribution in [1.29, 1.82) is 0 Å². The maximum absolute atomic E-state index is 9.86. The number of azo groups is 1. The number of nitrogens with zero attached hydrogens (tertiary/aromatic N) is 2. The third kappa shape index (κ3) is 3.65. The topological polar surface area (TPSA) is 63.4 Å². The summed E-state index contributed by atoms with van der Waals surface area (Å²) in [5, 5.41) is 18.1. The van der Waals surface area contributed by atoms with Crippen LogP contribution in [0.15, 0.2) is 45.0 Å². The molecule has 0 bridgehead atoms. The molecule has 5 nitrogen and oxygen atoms in total. The number of aromatic hydroxyl groups is 1.